The fourth-order valence-corrected chi connectivity index (χ4v) is 5.66. The van der Waals surface area contributed by atoms with Gasteiger partial charge in [-0.2, -0.15) is 0 Å². The van der Waals surface area contributed by atoms with Crippen LogP contribution in [0.5, 0.6) is 0 Å². The van der Waals surface area contributed by atoms with Crippen molar-refractivity contribution in [1.82, 2.24) is 0 Å². The van der Waals surface area contributed by atoms with E-state index in [-0.39, 0.29) is 22.8 Å². The average molecular weight is 332 g/mol. The average Bonchev–Trinajstić information content (AvgIpc) is 3.20. The maximum atomic E-state index is 11.9. The smallest absolute Gasteiger partial charge is 0.333 e. The van der Waals surface area contributed by atoms with Crippen molar-refractivity contribution < 1.29 is 19.1 Å². The molecule has 0 aromatic heterocycles. The molecule has 3 saturated carbocycles. The number of hydrogen-bond acceptors (Lipinski definition) is 4. The molecule has 0 aromatic carbocycles. The third-order valence-electron chi connectivity index (χ3n) is 6.76. The lowest BCUT2D eigenvalue weighted by Crippen LogP contribution is -2.47. The first-order chi connectivity index (χ1) is 11.3. The molecule has 3 aliphatic carbocycles. The molecule has 0 spiro atoms. The molecule has 3 fully saturated rings. The number of fused-ring (bicyclic) bond motifs is 5. The Balaban J connectivity index is 1.80. The van der Waals surface area contributed by atoms with Crippen LogP contribution in [0.2, 0.25) is 0 Å². The Hall–Kier alpha value is -1.58. The van der Waals surface area contributed by atoms with Crippen LogP contribution in [-0.2, 0) is 19.1 Å². The van der Waals surface area contributed by atoms with Gasteiger partial charge in [0.05, 0.1) is 13.2 Å². The predicted octanol–water partition coefficient (Wildman–Crippen LogP) is 3.81. The molecule has 3 rings (SSSR count). The molecule has 4 unspecified atom stereocenters. The number of rotatable bonds is 6. The highest BCUT2D eigenvalue weighted by Gasteiger charge is 2.68. The van der Waals surface area contributed by atoms with E-state index < -0.39 is 0 Å². The van der Waals surface area contributed by atoms with Crippen molar-refractivity contribution in [2.45, 2.75) is 52.4 Å². The number of ether oxygens (including phenoxy) is 2. The van der Waals surface area contributed by atoms with E-state index in [1.807, 2.05) is 0 Å². The highest BCUT2D eigenvalue weighted by atomic mass is 16.5. The third-order valence-corrected chi connectivity index (χ3v) is 6.76. The second kappa shape index (κ2) is 6.05. The molecule has 0 radical (unpaired) electrons. The Bertz CT molecular complexity index is 592. The van der Waals surface area contributed by atoms with E-state index in [1.54, 1.807) is 13.8 Å². The van der Waals surface area contributed by atoms with Crippen molar-refractivity contribution >= 4 is 11.9 Å². The molecule has 0 heterocycles. The number of carbonyl (C=O) groups is 2. The Labute approximate surface area is 144 Å². The molecular weight excluding hydrogens is 304 g/mol. The maximum Gasteiger partial charge on any atom is 0.333 e. The fraction of sp³-hybridized carbons (Fsp3) is 0.700. The molecule has 0 amide bonds. The van der Waals surface area contributed by atoms with Gasteiger partial charge < -0.3 is 9.47 Å². The van der Waals surface area contributed by atoms with Crippen LogP contribution in [0.1, 0.15) is 52.4 Å². The van der Waals surface area contributed by atoms with Crippen LogP contribution in [0.25, 0.3) is 0 Å². The van der Waals surface area contributed by atoms with Crippen LogP contribution >= 0.6 is 0 Å². The van der Waals surface area contributed by atoms with Crippen molar-refractivity contribution in [1.29, 1.82) is 0 Å². The zero-order chi connectivity index (χ0) is 17.5. The lowest BCUT2D eigenvalue weighted by Gasteiger charge is -2.47. The SMILES string of the molecule is C=C(C)C(=O)OCC12CCC(C1)C1CCCC12COC(=O)C(=C)C. The molecule has 132 valence electrons. The van der Waals surface area contributed by atoms with E-state index in [4.69, 9.17) is 9.47 Å². The minimum absolute atomic E-state index is 0.0314. The summed E-state index contributed by atoms with van der Waals surface area (Å²) in [5, 5.41) is 0. The van der Waals surface area contributed by atoms with E-state index in [2.05, 4.69) is 13.2 Å². The second-order valence-electron chi connectivity index (χ2n) is 8.15. The van der Waals surface area contributed by atoms with Crippen molar-refractivity contribution in [2.24, 2.45) is 22.7 Å². The summed E-state index contributed by atoms with van der Waals surface area (Å²) in [5.41, 5.74) is 0.798. The quantitative estimate of drug-likeness (QED) is 0.548. The molecule has 4 nitrogen and oxygen atoms in total. The van der Waals surface area contributed by atoms with Crippen LogP contribution in [0, 0.1) is 22.7 Å². The van der Waals surface area contributed by atoms with Gasteiger partial charge in [-0.05, 0) is 57.8 Å². The summed E-state index contributed by atoms with van der Waals surface area (Å²) in [4.78, 5) is 23.8. The molecule has 0 aromatic rings. The summed E-state index contributed by atoms with van der Waals surface area (Å²) >= 11 is 0. The van der Waals surface area contributed by atoms with Crippen LogP contribution in [0.3, 0.4) is 0 Å². The number of carbonyl (C=O) groups excluding carboxylic acids is 2. The largest absolute Gasteiger partial charge is 0.462 e. The van der Waals surface area contributed by atoms with Crippen LogP contribution in [0.4, 0.5) is 0 Å². The van der Waals surface area contributed by atoms with Crippen LogP contribution in [0.15, 0.2) is 24.3 Å². The van der Waals surface area contributed by atoms with Gasteiger partial charge in [-0.3, -0.25) is 0 Å². The van der Waals surface area contributed by atoms with Gasteiger partial charge in [0, 0.05) is 22.0 Å². The summed E-state index contributed by atoms with van der Waals surface area (Å²) in [7, 11) is 0. The van der Waals surface area contributed by atoms with Gasteiger partial charge >= 0.3 is 11.9 Å². The van der Waals surface area contributed by atoms with Gasteiger partial charge in [-0.25, -0.2) is 9.59 Å². The lowest BCUT2D eigenvalue weighted by atomic mass is 9.60. The van der Waals surface area contributed by atoms with Crippen molar-refractivity contribution in [3.63, 3.8) is 0 Å². The number of hydrogen-bond donors (Lipinski definition) is 0. The minimum Gasteiger partial charge on any atom is -0.462 e. The topological polar surface area (TPSA) is 52.6 Å². The van der Waals surface area contributed by atoms with Gasteiger partial charge in [-0.15, -0.1) is 0 Å². The molecule has 0 aliphatic heterocycles. The van der Waals surface area contributed by atoms with Crippen LogP contribution in [-0.4, -0.2) is 25.2 Å². The normalized spacial score (nSPS) is 36.2. The van der Waals surface area contributed by atoms with Crippen molar-refractivity contribution in [2.75, 3.05) is 13.2 Å². The van der Waals surface area contributed by atoms with E-state index in [0.29, 0.717) is 36.2 Å². The maximum absolute atomic E-state index is 11.9. The summed E-state index contributed by atoms with van der Waals surface area (Å²) in [6.07, 6.45) is 6.77. The zero-order valence-electron chi connectivity index (χ0n) is 14.9. The van der Waals surface area contributed by atoms with E-state index in [0.717, 1.165) is 19.3 Å². The predicted molar refractivity (Wildman–Crippen MR) is 91.1 cm³/mol. The van der Waals surface area contributed by atoms with E-state index in [9.17, 15) is 9.59 Å². The Kier molecular flexibility index (Phi) is 4.35. The van der Waals surface area contributed by atoms with Gasteiger partial charge in [0.15, 0.2) is 0 Å². The minimum atomic E-state index is -0.316. The van der Waals surface area contributed by atoms with Gasteiger partial charge in [0.2, 0.25) is 0 Å². The third kappa shape index (κ3) is 2.51. The molecule has 3 aliphatic rings. The van der Waals surface area contributed by atoms with E-state index >= 15 is 0 Å². The summed E-state index contributed by atoms with van der Waals surface area (Å²) < 4.78 is 11.2. The molecule has 0 saturated heterocycles. The number of esters is 2. The fourth-order valence-electron chi connectivity index (χ4n) is 5.66. The Morgan fingerprint density at radius 3 is 2.25 bits per heavy atom. The zero-order valence-corrected chi connectivity index (χ0v) is 14.9. The molecule has 2 bridgehead atoms. The summed E-state index contributed by atoms with van der Waals surface area (Å²) in [6.45, 7) is 11.6. The Morgan fingerprint density at radius 2 is 1.62 bits per heavy atom. The second-order valence-corrected chi connectivity index (χ2v) is 8.15. The summed E-state index contributed by atoms with van der Waals surface area (Å²) in [6, 6.07) is 0. The van der Waals surface area contributed by atoms with Crippen LogP contribution < -0.4 is 0 Å². The first-order valence-electron chi connectivity index (χ1n) is 8.97. The lowest BCUT2D eigenvalue weighted by molar-refractivity contribution is -0.157. The first-order valence-corrected chi connectivity index (χ1v) is 8.97. The monoisotopic (exact) mass is 332 g/mol. The highest BCUT2D eigenvalue weighted by molar-refractivity contribution is 5.87. The van der Waals surface area contributed by atoms with Crippen molar-refractivity contribution in [3.05, 3.63) is 24.3 Å². The molecule has 4 atom stereocenters. The molecule has 4 heteroatoms. The highest BCUT2D eigenvalue weighted by Crippen LogP contribution is 2.72. The first kappa shape index (κ1) is 17.2. The Morgan fingerprint density at radius 1 is 1.00 bits per heavy atom. The van der Waals surface area contributed by atoms with Gasteiger partial charge in [0.25, 0.3) is 0 Å². The standard InChI is InChI=1S/C20H28O4/c1-13(2)17(21)23-11-19-9-7-15(10-19)16-6-5-8-20(16,19)12-24-18(22)14(3)4/h15-16H,1,3,5-12H2,2,4H3. The van der Waals surface area contributed by atoms with E-state index in [1.165, 1.54) is 19.3 Å². The summed E-state index contributed by atoms with van der Waals surface area (Å²) in [5.74, 6) is 0.641. The van der Waals surface area contributed by atoms with Gasteiger partial charge in [-0.1, -0.05) is 19.6 Å². The molecular formula is C20H28O4. The molecule has 0 N–H and O–H groups in total. The molecule has 24 heavy (non-hydrogen) atoms. The van der Waals surface area contributed by atoms with Crippen molar-refractivity contribution in [3.8, 4) is 0 Å². The van der Waals surface area contributed by atoms with Gasteiger partial charge in [0.1, 0.15) is 0 Å².